The van der Waals surface area contributed by atoms with Gasteiger partial charge in [-0.2, -0.15) is 0 Å². The first kappa shape index (κ1) is 24.9. The van der Waals surface area contributed by atoms with Crippen LogP contribution in [0.5, 0.6) is 0 Å². The number of rotatable bonds is 3. The van der Waals surface area contributed by atoms with Crippen LogP contribution in [0.25, 0.3) is 0 Å². The van der Waals surface area contributed by atoms with E-state index in [9.17, 15) is 16.8 Å². The van der Waals surface area contributed by atoms with Gasteiger partial charge >= 0.3 is 7.12 Å². The van der Waals surface area contributed by atoms with Gasteiger partial charge in [0.25, 0.3) is 0 Å². The Bertz CT molecular complexity index is 1130. The maximum atomic E-state index is 11.3. The lowest BCUT2D eigenvalue weighted by Gasteiger charge is -2.32. The van der Waals surface area contributed by atoms with Gasteiger partial charge in [-0.05, 0) is 55.8 Å². The molecule has 1 saturated heterocycles. The number of sulfonamides is 2. The molecule has 0 aliphatic carbocycles. The van der Waals surface area contributed by atoms with Crippen molar-refractivity contribution in [3.05, 3.63) is 41.4 Å². The molecule has 0 saturated carbocycles. The minimum atomic E-state index is -3.79. The molecule has 1 aliphatic heterocycles. The van der Waals surface area contributed by atoms with E-state index in [2.05, 4.69) is 25.9 Å². The van der Waals surface area contributed by atoms with Crippen LogP contribution >= 0.6 is 15.9 Å². The van der Waals surface area contributed by atoms with Crippen molar-refractivity contribution in [3.8, 4) is 0 Å². The Morgan fingerprint density at radius 1 is 0.833 bits per heavy atom. The van der Waals surface area contributed by atoms with Crippen LogP contribution in [0.4, 0.5) is 0 Å². The Morgan fingerprint density at radius 2 is 1.27 bits per heavy atom. The summed E-state index contributed by atoms with van der Waals surface area (Å²) < 4.78 is 56.3. The minimum absolute atomic E-state index is 0.00637. The molecular weight excluding hydrogens is 499 g/mol. The zero-order valence-electron chi connectivity index (χ0n) is 16.7. The summed E-state index contributed by atoms with van der Waals surface area (Å²) >= 11 is 3.07. The van der Waals surface area contributed by atoms with E-state index >= 15 is 0 Å². The van der Waals surface area contributed by atoms with Crippen LogP contribution < -0.4 is 15.7 Å². The highest BCUT2D eigenvalue weighted by molar-refractivity contribution is 9.10. The number of aromatic nitrogens is 2. The predicted molar refractivity (Wildman–Crippen MR) is 115 cm³/mol. The van der Waals surface area contributed by atoms with Gasteiger partial charge in [-0.25, -0.2) is 27.1 Å². The smallest absolute Gasteiger partial charge is 0.399 e. The monoisotopic (exact) mass is 520 g/mol. The Hall–Kier alpha value is -1.42. The molecule has 4 N–H and O–H groups in total. The SMILES string of the molecule is CC1(C)OB(c2cncc(S(N)(=O)=O)c2)OC1(C)C.NS(=O)(=O)c1cncc(Br)c1. The number of pyridine rings is 2. The second-order valence-corrected chi connectivity index (χ2v) is 11.5. The number of hydrogen-bond acceptors (Lipinski definition) is 8. The average molecular weight is 521 g/mol. The molecule has 3 heterocycles. The molecule has 10 nitrogen and oxygen atoms in total. The van der Waals surface area contributed by atoms with Gasteiger partial charge in [0.1, 0.15) is 4.90 Å². The lowest BCUT2D eigenvalue weighted by Crippen LogP contribution is -2.41. The fourth-order valence-electron chi connectivity index (χ4n) is 2.25. The van der Waals surface area contributed by atoms with Gasteiger partial charge in [0, 0.05) is 34.7 Å². The van der Waals surface area contributed by atoms with Crippen molar-refractivity contribution >= 4 is 48.6 Å². The molecule has 0 spiro atoms. The highest BCUT2D eigenvalue weighted by Crippen LogP contribution is 2.36. The summed E-state index contributed by atoms with van der Waals surface area (Å²) in [7, 11) is -8.06. The molecular formula is C16H22BBrN4O6S2. The van der Waals surface area contributed by atoms with Gasteiger partial charge in [0.2, 0.25) is 20.0 Å². The van der Waals surface area contributed by atoms with Crippen LogP contribution in [0, 0.1) is 0 Å². The third-order valence-electron chi connectivity index (χ3n) is 4.60. The normalized spacial score (nSPS) is 17.9. The highest BCUT2D eigenvalue weighted by atomic mass is 79.9. The standard InChI is InChI=1S/C11H17BN2O4S.C5H5BrN2O2S/c1-10(2)11(3,4)18-12(17-10)8-5-9(7-14-6-8)19(13,15)16;6-4-1-5(3-8-2-4)11(7,9)10/h5-7H,1-4H3,(H2,13,15,16);1-3H,(H2,7,9,10). The third kappa shape index (κ3) is 6.06. The second-order valence-electron chi connectivity index (χ2n) is 7.47. The van der Waals surface area contributed by atoms with E-state index < -0.39 is 38.4 Å². The van der Waals surface area contributed by atoms with Crippen molar-refractivity contribution in [2.45, 2.75) is 48.7 Å². The van der Waals surface area contributed by atoms with Crippen molar-refractivity contribution in [2.24, 2.45) is 10.3 Å². The van der Waals surface area contributed by atoms with E-state index in [0.29, 0.717) is 9.94 Å². The molecule has 0 unspecified atom stereocenters. The van der Waals surface area contributed by atoms with E-state index in [1.807, 2.05) is 27.7 Å². The fraction of sp³-hybridized carbons (Fsp3) is 0.375. The van der Waals surface area contributed by atoms with Crippen molar-refractivity contribution in [1.82, 2.24) is 9.97 Å². The Labute approximate surface area is 184 Å². The largest absolute Gasteiger partial charge is 0.496 e. The van der Waals surface area contributed by atoms with Crippen molar-refractivity contribution in [2.75, 3.05) is 0 Å². The fourth-order valence-corrected chi connectivity index (χ4v) is 3.77. The zero-order chi connectivity index (χ0) is 23.0. The van der Waals surface area contributed by atoms with Crippen LogP contribution in [0.2, 0.25) is 0 Å². The summed E-state index contributed by atoms with van der Waals surface area (Å²) in [5, 5.41) is 9.92. The molecule has 164 valence electrons. The minimum Gasteiger partial charge on any atom is -0.399 e. The van der Waals surface area contributed by atoms with Crippen molar-refractivity contribution < 1.29 is 26.1 Å². The molecule has 1 fully saturated rings. The Kier molecular flexibility index (Phi) is 7.13. The van der Waals surface area contributed by atoms with E-state index in [-0.39, 0.29) is 9.79 Å². The highest BCUT2D eigenvalue weighted by Gasteiger charge is 2.51. The van der Waals surface area contributed by atoms with Crippen LogP contribution in [0.1, 0.15) is 27.7 Å². The summed E-state index contributed by atoms with van der Waals surface area (Å²) in [4.78, 5) is 7.47. The number of halogens is 1. The molecule has 2 aromatic rings. The zero-order valence-corrected chi connectivity index (χ0v) is 20.0. The molecule has 0 atom stereocenters. The van der Waals surface area contributed by atoms with Gasteiger partial charge < -0.3 is 9.31 Å². The molecule has 0 aromatic carbocycles. The third-order valence-corrected chi connectivity index (χ3v) is 6.79. The van der Waals surface area contributed by atoms with Crippen LogP contribution in [0.3, 0.4) is 0 Å². The van der Waals surface area contributed by atoms with E-state index in [4.69, 9.17) is 19.6 Å². The summed E-state index contributed by atoms with van der Waals surface area (Å²) in [6.45, 7) is 7.68. The number of primary sulfonamides is 2. The van der Waals surface area contributed by atoms with Crippen LogP contribution in [0.15, 0.2) is 51.2 Å². The van der Waals surface area contributed by atoms with Gasteiger partial charge in [-0.15, -0.1) is 0 Å². The maximum absolute atomic E-state index is 11.3. The quantitative estimate of drug-likeness (QED) is 0.552. The lowest BCUT2D eigenvalue weighted by molar-refractivity contribution is 0.00578. The molecule has 30 heavy (non-hydrogen) atoms. The van der Waals surface area contributed by atoms with Gasteiger partial charge in [0.15, 0.2) is 0 Å². The van der Waals surface area contributed by atoms with Gasteiger partial charge in [-0.1, -0.05) is 0 Å². The summed E-state index contributed by atoms with van der Waals surface area (Å²) in [5.74, 6) is 0. The van der Waals surface area contributed by atoms with Crippen LogP contribution in [-0.2, 0) is 29.4 Å². The molecule has 0 bridgehead atoms. The molecule has 14 heteroatoms. The first-order valence-corrected chi connectivity index (χ1v) is 12.4. The first-order valence-electron chi connectivity index (χ1n) is 8.50. The molecule has 2 aromatic heterocycles. The summed E-state index contributed by atoms with van der Waals surface area (Å²) in [6.07, 6.45) is 5.38. The number of nitrogens with two attached hydrogens (primary N) is 2. The molecule has 1 aliphatic rings. The van der Waals surface area contributed by atoms with Gasteiger partial charge in [-0.3, -0.25) is 9.97 Å². The molecule has 0 radical (unpaired) electrons. The average Bonchev–Trinajstić information content (AvgIpc) is 2.82. The second kappa shape index (κ2) is 8.61. The number of nitrogens with zero attached hydrogens (tertiary/aromatic N) is 2. The van der Waals surface area contributed by atoms with E-state index in [1.54, 1.807) is 0 Å². The summed E-state index contributed by atoms with van der Waals surface area (Å²) in [5.41, 5.74) is -0.449. The van der Waals surface area contributed by atoms with Crippen molar-refractivity contribution in [1.29, 1.82) is 0 Å². The molecule has 3 rings (SSSR count). The topological polar surface area (TPSA) is 165 Å². The lowest BCUT2D eigenvalue weighted by atomic mass is 9.80. The van der Waals surface area contributed by atoms with Crippen LogP contribution in [-0.4, -0.2) is 45.1 Å². The van der Waals surface area contributed by atoms with E-state index in [1.165, 1.54) is 36.9 Å². The first-order chi connectivity index (χ1) is 13.5. The Morgan fingerprint density at radius 3 is 1.67 bits per heavy atom. The van der Waals surface area contributed by atoms with Gasteiger partial charge in [0.05, 0.1) is 16.1 Å². The number of hydrogen-bond donors (Lipinski definition) is 2. The maximum Gasteiger partial charge on any atom is 0.496 e. The van der Waals surface area contributed by atoms with Crippen molar-refractivity contribution in [3.63, 3.8) is 0 Å². The summed E-state index contributed by atoms with van der Waals surface area (Å²) in [6, 6.07) is 2.81. The Balaban J connectivity index is 0.000000248. The molecule has 0 amide bonds. The van der Waals surface area contributed by atoms with E-state index in [0.717, 1.165) is 0 Å². The predicted octanol–water partition coefficient (Wildman–Crippen LogP) is 0.520.